The lowest BCUT2D eigenvalue weighted by molar-refractivity contribution is 0.0240. The molecule has 0 N–H and O–H groups in total. The molecule has 0 radical (unpaired) electrons. The summed E-state index contributed by atoms with van der Waals surface area (Å²) in [5.41, 5.74) is -2.30. The molecule has 0 saturated heterocycles. The third-order valence-corrected chi connectivity index (χ3v) is 6.04. The Kier molecular flexibility index (Phi) is 5.09. The second-order valence-corrected chi connectivity index (χ2v) is 7.51. The van der Waals surface area contributed by atoms with Crippen LogP contribution in [0.2, 0.25) is 0 Å². The molecule has 0 spiro atoms. The minimum absolute atomic E-state index is 0.0263. The number of alkyl halides is 3. The van der Waals surface area contributed by atoms with Crippen LogP contribution in [0.15, 0.2) is 12.1 Å². The van der Waals surface area contributed by atoms with Gasteiger partial charge in [-0.25, -0.2) is 26.3 Å². The van der Waals surface area contributed by atoms with Crippen LogP contribution in [0.4, 0.5) is 26.3 Å². The Morgan fingerprint density at radius 2 is 1.72 bits per heavy atom. The van der Waals surface area contributed by atoms with Gasteiger partial charge in [0.1, 0.15) is 18.0 Å². The number of hydrogen-bond donors (Lipinski definition) is 0. The third kappa shape index (κ3) is 3.17. The van der Waals surface area contributed by atoms with E-state index in [4.69, 9.17) is 0 Å². The van der Waals surface area contributed by atoms with Crippen molar-refractivity contribution in [3.63, 3.8) is 0 Å². The van der Waals surface area contributed by atoms with Crippen molar-refractivity contribution in [2.75, 3.05) is 0 Å². The van der Waals surface area contributed by atoms with Crippen LogP contribution in [0.25, 0.3) is 0 Å². The van der Waals surface area contributed by atoms with Gasteiger partial charge in [0.25, 0.3) is 0 Å². The van der Waals surface area contributed by atoms with Gasteiger partial charge in [0.05, 0.1) is 0 Å². The number of benzene rings is 1. The molecule has 0 aromatic heterocycles. The van der Waals surface area contributed by atoms with E-state index in [1.165, 1.54) is 0 Å². The predicted octanol–water partition coefficient (Wildman–Crippen LogP) is 6.19. The summed E-state index contributed by atoms with van der Waals surface area (Å²) in [6.45, 7) is 1.93. The van der Waals surface area contributed by atoms with E-state index >= 15 is 4.39 Å². The lowest BCUT2D eigenvalue weighted by Gasteiger charge is -2.27. The molecule has 140 valence electrons. The fraction of sp³-hybridized carbons (Fsp3) is 0.684. The number of rotatable bonds is 3. The Labute approximate surface area is 143 Å². The number of fused-ring (bicyclic) bond motifs is 1. The molecule has 0 amide bonds. The highest BCUT2D eigenvalue weighted by Crippen LogP contribution is 2.56. The molecular weight excluding hydrogens is 342 g/mol. The minimum Gasteiger partial charge on any atom is -0.247 e. The molecule has 2 aliphatic carbocycles. The lowest BCUT2D eigenvalue weighted by Crippen LogP contribution is -2.37. The van der Waals surface area contributed by atoms with E-state index in [-0.39, 0.29) is 37.2 Å². The summed E-state index contributed by atoms with van der Waals surface area (Å²) in [5, 5.41) is 0. The topological polar surface area (TPSA) is 0 Å². The summed E-state index contributed by atoms with van der Waals surface area (Å²) in [6.07, 6.45) is -1.69. The smallest absolute Gasteiger partial charge is 0.194 e. The molecule has 25 heavy (non-hydrogen) atoms. The molecule has 6 heteroatoms. The molecule has 0 nitrogen and oxygen atoms in total. The quantitative estimate of drug-likeness (QED) is 0.443. The summed E-state index contributed by atoms with van der Waals surface area (Å²) in [7, 11) is 0. The number of halogens is 6. The first kappa shape index (κ1) is 18.6. The highest BCUT2D eigenvalue weighted by molar-refractivity contribution is 5.28. The first-order valence-corrected chi connectivity index (χ1v) is 8.89. The molecule has 2 saturated carbocycles. The average molecular weight is 364 g/mol. The molecule has 0 bridgehead atoms. The van der Waals surface area contributed by atoms with E-state index < -0.39 is 47.3 Å². The van der Waals surface area contributed by atoms with E-state index in [1.54, 1.807) is 0 Å². The van der Waals surface area contributed by atoms with Crippen molar-refractivity contribution in [1.29, 1.82) is 0 Å². The molecule has 2 aliphatic rings. The van der Waals surface area contributed by atoms with Gasteiger partial charge in [-0.1, -0.05) is 13.3 Å². The Morgan fingerprint density at radius 1 is 1.08 bits per heavy atom. The summed E-state index contributed by atoms with van der Waals surface area (Å²) in [6, 6.07) is 1.44. The van der Waals surface area contributed by atoms with Crippen molar-refractivity contribution >= 4 is 0 Å². The molecule has 0 aliphatic heterocycles. The van der Waals surface area contributed by atoms with Gasteiger partial charge in [-0.15, -0.1) is 0 Å². The molecular formula is C19H22F6. The summed E-state index contributed by atoms with van der Waals surface area (Å²) in [4.78, 5) is 0. The minimum atomic E-state index is -2.20. The van der Waals surface area contributed by atoms with E-state index in [2.05, 4.69) is 0 Å². The summed E-state index contributed by atoms with van der Waals surface area (Å²) >= 11 is 0. The van der Waals surface area contributed by atoms with Gasteiger partial charge in [-0.05, 0) is 61.6 Å². The molecule has 3 rings (SSSR count). The fourth-order valence-corrected chi connectivity index (χ4v) is 4.66. The molecule has 6 unspecified atom stereocenters. The maximum absolute atomic E-state index is 15.4. The van der Waals surface area contributed by atoms with Gasteiger partial charge in [0.2, 0.25) is 0 Å². The van der Waals surface area contributed by atoms with Crippen molar-refractivity contribution in [2.45, 2.75) is 69.4 Å². The third-order valence-electron chi connectivity index (χ3n) is 6.04. The van der Waals surface area contributed by atoms with Crippen molar-refractivity contribution in [3.05, 3.63) is 35.1 Å². The van der Waals surface area contributed by atoms with Gasteiger partial charge in [0.15, 0.2) is 17.5 Å². The van der Waals surface area contributed by atoms with Crippen LogP contribution in [-0.2, 0) is 0 Å². The Morgan fingerprint density at radius 3 is 2.32 bits per heavy atom. The van der Waals surface area contributed by atoms with Crippen molar-refractivity contribution in [2.24, 2.45) is 11.8 Å². The average Bonchev–Trinajstić information content (AvgIpc) is 2.73. The molecule has 0 heterocycles. The monoisotopic (exact) mass is 364 g/mol. The fourth-order valence-electron chi connectivity index (χ4n) is 4.66. The molecule has 2 fully saturated rings. The van der Waals surface area contributed by atoms with Crippen LogP contribution in [0.1, 0.15) is 56.9 Å². The second kappa shape index (κ2) is 6.84. The number of hydrogen-bond acceptors (Lipinski definition) is 0. The zero-order valence-electron chi connectivity index (χ0n) is 14.1. The molecule has 1 aromatic rings. The van der Waals surface area contributed by atoms with E-state index in [0.717, 1.165) is 18.6 Å². The highest BCUT2D eigenvalue weighted by atomic mass is 19.2. The van der Waals surface area contributed by atoms with Crippen LogP contribution in [0.5, 0.6) is 0 Å². The maximum atomic E-state index is 15.4. The Bertz CT molecular complexity index is 609. The van der Waals surface area contributed by atoms with Crippen LogP contribution in [0, 0.1) is 29.3 Å². The van der Waals surface area contributed by atoms with Crippen LogP contribution >= 0.6 is 0 Å². The van der Waals surface area contributed by atoms with Gasteiger partial charge in [-0.3, -0.25) is 0 Å². The zero-order valence-corrected chi connectivity index (χ0v) is 14.1. The van der Waals surface area contributed by atoms with Crippen LogP contribution in [0.3, 0.4) is 0 Å². The first-order valence-electron chi connectivity index (χ1n) is 8.89. The first-order chi connectivity index (χ1) is 11.8. The Balaban J connectivity index is 1.87. The predicted molar refractivity (Wildman–Crippen MR) is 83.0 cm³/mol. The maximum Gasteiger partial charge on any atom is 0.194 e. The SMILES string of the molecule is CCCC1CCC2(F)C(CC1F)CC(c1cc(F)c(F)c(F)c1)C2F. The van der Waals surface area contributed by atoms with E-state index in [9.17, 15) is 22.0 Å². The van der Waals surface area contributed by atoms with Gasteiger partial charge in [0, 0.05) is 5.92 Å². The van der Waals surface area contributed by atoms with E-state index in [1.807, 2.05) is 6.92 Å². The standard InChI is InChI=1S/C19H22F6/c1-2-3-10-4-5-19(25)12(9-14(10)20)8-13(18(19)24)11-6-15(21)17(23)16(22)7-11/h6-7,10,12-14,18H,2-5,8-9H2,1H3. The van der Waals surface area contributed by atoms with Gasteiger partial charge < -0.3 is 0 Å². The summed E-state index contributed by atoms with van der Waals surface area (Å²) in [5.74, 6) is -6.67. The molecule has 1 aromatic carbocycles. The largest absolute Gasteiger partial charge is 0.247 e. The van der Waals surface area contributed by atoms with E-state index in [0.29, 0.717) is 6.42 Å². The second-order valence-electron chi connectivity index (χ2n) is 7.51. The lowest BCUT2D eigenvalue weighted by atomic mass is 9.87. The van der Waals surface area contributed by atoms with Gasteiger partial charge in [-0.2, -0.15) is 0 Å². The van der Waals surface area contributed by atoms with Crippen molar-refractivity contribution in [3.8, 4) is 0 Å². The van der Waals surface area contributed by atoms with Crippen LogP contribution in [-0.4, -0.2) is 18.0 Å². The Hall–Kier alpha value is -1.20. The normalized spacial score (nSPS) is 38.4. The van der Waals surface area contributed by atoms with Crippen molar-refractivity contribution in [1.82, 2.24) is 0 Å². The zero-order chi connectivity index (χ0) is 18.4. The van der Waals surface area contributed by atoms with Gasteiger partial charge >= 0.3 is 0 Å². The molecule has 6 atom stereocenters. The highest BCUT2D eigenvalue weighted by Gasteiger charge is 2.58. The van der Waals surface area contributed by atoms with Crippen LogP contribution < -0.4 is 0 Å². The summed E-state index contributed by atoms with van der Waals surface area (Å²) < 4.78 is 84.9. The van der Waals surface area contributed by atoms with Crippen molar-refractivity contribution < 1.29 is 26.3 Å².